The van der Waals surface area contributed by atoms with Crippen molar-refractivity contribution in [2.75, 3.05) is 39.5 Å². The summed E-state index contributed by atoms with van der Waals surface area (Å²) in [6.45, 7) is 5.64. The second-order valence-electron chi connectivity index (χ2n) is 6.21. The molecule has 0 saturated carbocycles. The van der Waals surface area contributed by atoms with Crippen molar-refractivity contribution in [3.63, 3.8) is 0 Å². The highest BCUT2D eigenvalue weighted by Gasteiger charge is 2.24. The summed E-state index contributed by atoms with van der Waals surface area (Å²) in [5.74, 6) is 0.377. The summed E-state index contributed by atoms with van der Waals surface area (Å²) >= 11 is 7.81. The third kappa shape index (κ3) is 5.20. The van der Waals surface area contributed by atoms with Crippen molar-refractivity contribution >= 4 is 28.8 Å². The van der Waals surface area contributed by atoms with Gasteiger partial charge < -0.3 is 14.8 Å². The minimum atomic E-state index is -0.155. The van der Waals surface area contributed by atoms with Crippen LogP contribution in [0.3, 0.4) is 0 Å². The number of hydrogen-bond donors (Lipinski definition) is 1. The van der Waals surface area contributed by atoms with E-state index in [1.165, 1.54) is 4.88 Å². The fourth-order valence-corrected chi connectivity index (χ4v) is 3.94. The predicted molar refractivity (Wildman–Crippen MR) is 104 cm³/mol. The molecule has 2 heterocycles. The number of carbonyl (C=O) groups excluding carboxylic acids is 1. The van der Waals surface area contributed by atoms with Crippen molar-refractivity contribution in [3.05, 3.63) is 51.2 Å². The number of aryl methyl sites for hydroxylation is 1. The lowest BCUT2D eigenvalue weighted by atomic mass is 10.2. The van der Waals surface area contributed by atoms with Gasteiger partial charge in [-0.15, -0.1) is 11.3 Å². The second-order valence-corrected chi connectivity index (χ2v) is 7.59. The van der Waals surface area contributed by atoms with Gasteiger partial charge in [-0.1, -0.05) is 23.7 Å². The van der Waals surface area contributed by atoms with Gasteiger partial charge >= 0.3 is 0 Å². The standard InChI is InChI=1S/C19H23ClN2O3S/c1-14-4-5-15(20)17(11-14)25-13-19(23)21-12-16(18-3-2-10-26-18)22-6-8-24-9-7-22/h2-5,10-11,16H,6-9,12-13H2,1H3,(H,21,23)/t16-/m1/s1. The summed E-state index contributed by atoms with van der Waals surface area (Å²) in [6, 6.07) is 9.82. The zero-order valence-electron chi connectivity index (χ0n) is 14.7. The predicted octanol–water partition coefficient (Wildman–Crippen LogP) is 3.28. The van der Waals surface area contributed by atoms with Gasteiger partial charge in [-0.2, -0.15) is 0 Å². The van der Waals surface area contributed by atoms with Gasteiger partial charge in [0, 0.05) is 24.5 Å². The largest absolute Gasteiger partial charge is 0.482 e. The second kappa shape index (κ2) is 9.37. The van der Waals surface area contributed by atoms with E-state index in [1.54, 1.807) is 17.4 Å². The quantitative estimate of drug-likeness (QED) is 0.783. The molecule has 1 aliphatic heterocycles. The highest BCUT2D eigenvalue weighted by molar-refractivity contribution is 7.10. The van der Waals surface area contributed by atoms with Crippen LogP contribution in [0.2, 0.25) is 5.02 Å². The Morgan fingerprint density at radius 2 is 2.19 bits per heavy atom. The Morgan fingerprint density at radius 3 is 2.92 bits per heavy atom. The highest BCUT2D eigenvalue weighted by atomic mass is 35.5. The van der Waals surface area contributed by atoms with Gasteiger partial charge in [0.25, 0.3) is 5.91 Å². The monoisotopic (exact) mass is 394 g/mol. The van der Waals surface area contributed by atoms with Crippen LogP contribution in [0, 0.1) is 6.92 Å². The normalized spacial score (nSPS) is 16.2. The Kier molecular flexibility index (Phi) is 6.91. The molecule has 5 nitrogen and oxygen atoms in total. The number of hydrogen-bond acceptors (Lipinski definition) is 5. The lowest BCUT2D eigenvalue weighted by Gasteiger charge is -2.34. The third-order valence-corrected chi connectivity index (χ3v) is 5.58. The number of rotatable bonds is 7. The maximum atomic E-state index is 12.3. The first kappa shape index (κ1) is 19.2. The number of morpholine rings is 1. The molecule has 26 heavy (non-hydrogen) atoms. The molecule has 1 saturated heterocycles. The molecule has 1 fully saturated rings. The number of carbonyl (C=O) groups is 1. The molecule has 0 radical (unpaired) electrons. The molecular formula is C19H23ClN2O3S. The van der Waals surface area contributed by atoms with E-state index >= 15 is 0 Å². The molecule has 1 atom stereocenters. The summed E-state index contributed by atoms with van der Waals surface area (Å²) in [5.41, 5.74) is 1.04. The average Bonchev–Trinajstić information content (AvgIpc) is 3.18. The summed E-state index contributed by atoms with van der Waals surface area (Å²) in [5, 5.41) is 5.56. The van der Waals surface area contributed by atoms with E-state index in [2.05, 4.69) is 21.7 Å². The molecule has 2 aromatic rings. The van der Waals surface area contributed by atoms with Crippen LogP contribution in [-0.4, -0.2) is 50.3 Å². The zero-order valence-corrected chi connectivity index (χ0v) is 16.3. The molecule has 1 aromatic carbocycles. The first-order valence-electron chi connectivity index (χ1n) is 8.64. The molecule has 7 heteroatoms. The smallest absolute Gasteiger partial charge is 0.258 e. The van der Waals surface area contributed by atoms with Gasteiger partial charge in [0.05, 0.1) is 24.3 Å². The summed E-state index contributed by atoms with van der Waals surface area (Å²) in [6.07, 6.45) is 0. The van der Waals surface area contributed by atoms with Gasteiger partial charge in [0.1, 0.15) is 5.75 Å². The van der Waals surface area contributed by atoms with Crippen LogP contribution >= 0.6 is 22.9 Å². The van der Waals surface area contributed by atoms with Crippen LogP contribution in [0.15, 0.2) is 35.7 Å². The molecule has 0 aliphatic carbocycles. The molecule has 1 aromatic heterocycles. The van der Waals surface area contributed by atoms with E-state index in [0.29, 0.717) is 17.3 Å². The van der Waals surface area contributed by atoms with Gasteiger partial charge in [-0.25, -0.2) is 0 Å². The fourth-order valence-electron chi connectivity index (χ4n) is 2.91. The minimum absolute atomic E-state index is 0.0521. The lowest BCUT2D eigenvalue weighted by molar-refractivity contribution is -0.123. The van der Waals surface area contributed by atoms with Crippen LogP contribution in [0.4, 0.5) is 0 Å². The Morgan fingerprint density at radius 1 is 1.38 bits per heavy atom. The molecular weight excluding hydrogens is 372 g/mol. The molecule has 0 spiro atoms. The number of amides is 1. The van der Waals surface area contributed by atoms with Crippen molar-refractivity contribution in [3.8, 4) is 5.75 Å². The van der Waals surface area contributed by atoms with E-state index in [0.717, 1.165) is 31.9 Å². The zero-order chi connectivity index (χ0) is 18.4. The summed E-state index contributed by atoms with van der Waals surface area (Å²) < 4.78 is 11.0. The molecule has 0 bridgehead atoms. The highest BCUT2D eigenvalue weighted by Crippen LogP contribution is 2.26. The van der Waals surface area contributed by atoms with Crippen LogP contribution in [-0.2, 0) is 9.53 Å². The Bertz CT molecular complexity index is 718. The lowest BCUT2D eigenvalue weighted by Crippen LogP contribution is -2.44. The third-order valence-electron chi connectivity index (χ3n) is 4.30. The van der Waals surface area contributed by atoms with Gasteiger partial charge in [0.15, 0.2) is 6.61 Å². The van der Waals surface area contributed by atoms with E-state index in [4.69, 9.17) is 21.1 Å². The van der Waals surface area contributed by atoms with Crippen molar-refractivity contribution in [1.82, 2.24) is 10.2 Å². The first-order chi connectivity index (χ1) is 12.6. The van der Waals surface area contributed by atoms with Crippen LogP contribution in [0.1, 0.15) is 16.5 Å². The van der Waals surface area contributed by atoms with Crippen LogP contribution in [0.5, 0.6) is 5.75 Å². The van der Waals surface area contributed by atoms with Crippen LogP contribution in [0.25, 0.3) is 0 Å². The maximum absolute atomic E-state index is 12.3. The Balaban J connectivity index is 1.54. The number of halogens is 1. The number of ether oxygens (including phenoxy) is 2. The maximum Gasteiger partial charge on any atom is 0.258 e. The van der Waals surface area contributed by atoms with E-state index in [-0.39, 0.29) is 18.6 Å². The molecule has 3 rings (SSSR count). The van der Waals surface area contributed by atoms with Crippen molar-refractivity contribution in [1.29, 1.82) is 0 Å². The SMILES string of the molecule is Cc1ccc(Cl)c(OCC(=O)NC[C@H](c2cccs2)N2CCOCC2)c1. The topological polar surface area (TPSA) is 50.8 Å². The Labute approximate surface area is 162 Å². The number of thiophene rings is 1. The molecule has 140 valence electrons. The number of nitrogens with zero attached hydrogens (tertiary/aromatic N) is 1. The van der Waals surface area contributed by atoms with Gasteiger partial charge in [-0.3, -0.25) is 9.69 Å². The first-order valence-corrected chi connectivity index (χ1v) is 9.90. The van der Waals surface area contributed by atoms with Crippen LogP contribution < -0.4 is 10.1 Å². The number of benzene rings is 1. The van der Waals surface area contributed by atoms with E-state index < -0.39 is 0 Å². The summed E-state index contributed by atoms with van der Waals surface area (Å²) in [7, 11) is 0. The summed E-state index contributed by atoms with van der Waals surface area (Å²) in [4.78, 5) is 15.9. The number of nitrogens with one attached hydrogen (secondary N) is 1. The Hall–Kier alpha value is -1.60. The minimum Gasteiger partial charge on any atom is -0.482 e. The molecule has 0 unspecified atom stereocenters. The van der Waals surface area contributed by atoms with Gasteiger partial charge in [-0.05, 0) is 36.1 Å². The van der Waals surface area contributed by atoms with E-state index in [9.17, 15) is 4.79 Å². The molecule has 1 N–H and O–H groups in total. The molecule has 1 amide bonds. The molecule has 1 aliphatic rings. The average molecular weight is 395 g/mol. The van der Waals surface area contributed by atoms with Crippen molar-refractivity contribution < 1.29 is 14.3 Å². The van der Waals surface area contributed by atoms with Crippen molar-refractivity contribution in [2.45, 2.75) is 13.0 Å². The fraction of sp³-hybridized carbons (Fsp3) is 0.421. The van der Waals surface area contributed by atoms with Crippen molar-refractivity contribution in [2.24, 2.45) is 0 Å². The van der Waals surface area contributed by atoms with Gasteiger partial charge in [0.2, 0.25) is 0 Å². The van der Waals surface area contributed by atoms with E-state index in [1.807, 2.05) is 25.1 Å².